The number of para-hydroxylation sites is 1. The highest BCUT2D eigenvalue weighted by Gasteiger charge is 2.34. The number of nitrogens with one attached hydrogen (secondary N) is 1. The first-order chi connectivity index (χ1) is 12.5. The molecule has 0 spiro atoms. The highest BCUT2D eigenvalue weighted by molar-refractivity contribution is 8.18. The Morgan fingerprint density at radius 1 is 1.12 bits per heavy atom. The van der Waals surface area contributed by atoms with E-state index >= 15 is 0 Å². The van der Waals surface area contributed by atoms with E-state index in [1.165, 1.54) is 4.90 Å². The molecular weight excluding hydrogens is 370 g/mol. The van der Waals surface area contributed by atoms with Crippen LogP contribution < -0.4 is 10.2 Å². The fourth-order valence-electron chi connectivity index (χ4n) is 2.43. The molecule has 2 aromatic carbocycles. The minimum absolute atomic E-state index is 0.0747. The molecule has 3 rings (SSSR count). The van der Waals surface area contributed by atoms with Gasteiger partial charge in [-0.25, -0.2) is 0 Å². The molecule has 0 saturated carbocycles. The molecule has 0 unspecified atom stereocenters. The summed E-state index contributed by atoms with van der Waals surface area (Å²) in [6, 6.07) is 15.0. The molecule has 0 aromatic heterocycles. The van der Waals surface area contributed by atoms with E-state index < -0.39 is 0 Å². The summed E-state index contributed by atoms with van der Waals surface area (Å²) in [7, 11) is 3.93. The number of hydrogen-bond acceptors (Lipinski definition) is 5. The van der Waals surface area contributed by atoms with Gasteiger partial charge in [0.15, 0.2) is 0 Å². The van der Waals surface area contributed by atoms with Crippen LogP contribution in [0.4, 0.5) is 16.2 Å². The molecule has 1 aliphatic rings. The Morgan fingerprint density at radius 3 is 2.46 bits per heavy atom. The molecule has 7 heteroatoms. The third-order valence-corrected chi connectivity index (χ3v) is 5.12. The lowest BCUT2D eigenvalue weighted by molar-refractivity contribution is -0.122. The molecule has 2 aromatic rings. The number of benzene rings is 2. The first-order valence-corrected chi connectivity index (χ1v) is 9.16. The van der Waals surface area contributed by atoms with Crippen molar-refractivity contribution in [1.29, 1.82) is 0 Å². The lowest BCUT2D eigenvalue weighted by Gasteiger charge is -2.15. The zero-order chi connectivity index (χ0) is 18.7. The maximum Gasteiger partial charge on any atom is 0.295 e. The molecule has 0 aliphatic carbocycles. The van der Waals surface area contributed by atoms with E-state index in [0.717, 1.165) is 23.0 Å². The summed E-state index contributed by atoms with van der Waals surface area (Å²) in [5, 5.41) is 3.26. The van der Waals surface area contributed by atoms with Gasteiger partial charge in [-0.2, -0.15) is 0 Å². The Balaban J connectivity index is 1.71. The molecule has 0 atom stereocenters. The Morgan fingerprint density at radius 2 is 1.81 bits per heavy atom. The summed E-state index contributed by atoms with van der Waals surface area (Å²) in [6.45, 7) is 0.0747. The Kier molecular flexibility index (Phi) is 5.54. The molecule has 1 N–H and O–H groups in total. The van der Waals surface area contributed by atoms with E-state index in [0.29, 0.717) is 15.6 Å². The van der Waals surface area contributed by atoms with Gasteiger partial charge in [0, 0.05) is 19.8 Å². The first-order valence-electron chi connectivity index (χ1n) is 7.97. The van der Waals surface area contributed by atoms with Gasteiger partial charge in [0.05, 0.1) is 22.3 Å². The van der Waals surface area contributed by atoms with Crippen molar-refractivity contribution in [3.63, 3.8) is 0 Å². The molecule has 1 heterocycles. The predicted octanol–water partition coefficient (Wildman–Crippen LogP) is 4.51. The van der Waals surface area contributed by atoms with Gasteiger partial charge in [-0.05, 0) is 47.7 Å². The molecular formula is C19H18ClN3O2S. The standard InChI is InChI=1S/C19H18ClN3O2S/c1-22(2)14-9-7-13(8-10-14)11-17-18(24)23(19(25)26-17)12-21-16-6-4-3-5-15(16)20/h3-11,21H,12H2,1-2H3/b17-11-. The second-order valence-electron chi connectivity index (χ2n) is 5.91. The van der Waals surface area contributed by atoms with E-state index in [-0.39, 0.29) is 17.8 Å². The van der Waals surface area contributed by atoms with Gasteiger partial charge in [-0.15, -0.1) is 0 Å². The number of imide groups is 1. The van der Waals surface area contributed by atoms with Gasteiger partial charge in [0.25, 0.3) is 11.1 Å². The summed E-state index contributed by atoms with van der Waals surface area (Å²) >= 11 is 7.02. The third-order valence-electron chi connectivity index (χ3n) is 3.88. The van der Waals surface area contributed by atoms with Crippen molar-refractivity contribution in [2.45, 2.75) is 0 Å². The lowest BCUT2D eigenvalue weighted by Crippen LogP contribution is -2.33. The molecule has 2 amide bonds. The van der Waals surface area contributed by atoms with Crippen molar-refractivity contribution in [2.75, 3.05) is 31.0 Å². The number of rotatable bonds is 5. The topological polar surface area (TPSA) is 52.7 Å². The number of carbonyl (C=O) groups is 2. The second-order valence-corrected chi connectivity index (χ2v) is 7.31. The zero-order valence-corrected chi connectivity index (χ0v) is 16.0. The maximum atomic E-state index is 12.5. The largest absolute Gasteiger partial charge is 0.378 e. The summed E-state index contributed by atoms with van der Waals surface area (Å²) in [6.07, 6.45) is 1.74. The average molecular weight is 388 g/mol. The highest BCUT2D eigenvalue weighted by Crippen LogP contribution is 2.32. The SMILES string of the molecule is CN(C)c1ccc(/C=C2\SC(=O)N(CNc3ccccc3Cl)C2=O)cc1. The van der Waals surface area contributed by atoms with Crippen molar-refractivity contribution in [1.82, 2.24) is 4.90 Å². The molecule has 1 saturated heterocycles. The van der Waals surface area contributed by atoms with E-state index in [1.54, 1.807) is 18.2 Å². The average Bonchev–Trinajstić information content (AvgIpc) is 2.88. The molecule has 0 bridgehead atoms. The fraction of sp³-hybridized carbons (Fsp3) is 0.158. The van der Waals surface area contributed by atoms with Crippen LogP contribution >= 0.6 is 23.4 Å². The smallest absolute Gasteiger partial charge is 0.295 e. The fourth-order valence-corrected chi connectivity index (χ4v) is 3.47. The monoisotopic (exact) mass is 387 g/mol. The van der Waals surface area contributed by atoms with Crippen LogP contribution in [0.3, 0.4) is 0 Å². The number of halogens is 1. The first kappa shape index (κ1) is 18.4. The van der Waals surface area contributed by atoms with Crippen LogP contribution in [-0.2, 0) is 4.79 Å². The Hall–Kier alpha value is -2.44. The Bertz CT molecular complexity index is 865. The van der Waals surface area contributed by atoms with Gasteiger partial charge in [-0.3, -0.25) is 14.5 Å². The van der Waals surface area contributed by atoms with Crippen LogP contribution in [0, 0.1) is 0 Å². The van der Waals surface area contributed by atoms with E-state index in [4.69, 9.17) is 11.6 Å². The number of amides is 2. The minimum Gasteiger partial charge on any atom is -0.378 e. The molecule has 26 heavy (non-hydrogen) atoms. The van der Waals surface area contributed by atoms with Crippen LogP contribution in [0.1, 0.15) is 5.56 Å². The highest BCUT2D eigenvalue weighted by atomic mass is 35.5. The summed E-state index contributed by atoms with van der Waals surface area (Å²) in [5.74, 6) is -0.309. The van der Waals surface area contributed by atoms with E-state index in [1.807, 2.05) is 55.4 Å². The van der Waals surface area contributed by atoms with E-state index in [9.17, 15) is 9.59 Å². The second kappa shape index (κ2) is 7.85. The van der Waals surface area contributed by atoms with Crippen LogP contribution in [0.5, 0.6) is 0 Å². The quantitative estimate of drug-likeness (QED) is 0.765. The van der Waals surface area contributed by atoms with Crippen LogP contribution in [0.15, 0.2) is 53.4 Å². The third kappa shape index (κ3) is 4.03. The van der Waals surface area contributed by atoms with Crippen LogP contribution in [0.25, 0.3) is 6.08 Å². The number of carbonyl (C=O) groups excluding carboxylic acids is 2. The van der Waals surface area contributed by atoms with Crippen molar-refractivity contribution < 1.29 is 9.59 Å². The van der Waals surface area contributed by atoms with Gasteiger partial charge < -0.3 is 10.2 Å². The van der Waals surface area contributed by atoms with Crippen molar-refractivity contribution in [3.05, 3.63) is 64.0 Å². The maximum absolute atomic E-state index is 12.5. The minimum atomic E-state index is -0.309. The van der Waals surface area contributed by atoms with Crippen molar-refractivity contribution >= 4 is 52.0 Å². The molecule has 1 aliphatic heterocycles. The van der Waals surface area contributed by atoms with Crippen LogP contribution in [-0.4, -0.2) is 36.8 Å². The van der Waals surface area contributed by atoms with Gasteiger partial charge in [0.1, 0.15) is 0 Å². The van der Waals surface area contributed by atoms with Crippen LogP contribution in [0.2, 0.25) is 5.02 Å². The summed E-state index contributed by atoms with van der Waals surface area (Å²) in [5.41, 5.74) is 2.62. The van der Waals surface area contributed by atoms with E-state index in [2.05, 4.69) is 5.32 Å². The number of nitrogens with zero attached hydrogens (tertiary/aromatic N) is 2. The molecule has 5 nitrogen and oxygen atoms in total. The molecule has 1 fully saturated rings. The normalized spacial score (nSPS) is 15.7. The van der Waals surface area contributed by atoms with Crippen molar-refractivity contribution in [3.8, 4) is 0 Å². The number of anilines is 2. The lowest BCUT2D eigenvalue weighted by atomic mass is 10.2. The summed E-state index contributed by atoms with van der Waals surface area (Å²) < 4.78 is 0. The number of thioether (sulfide) groups is 1. The van der Waals surface area contributed by atoms with Gasteiger partial charge in [-0.1, -0.05) is 35.9 Å². The van der Waals surface area contributed by atoms with Gasteiger partial charge in [0.2, 0.25) is 0 Å². The number of hydrogen-bond donors (Lipinski definition) is 1. The predicted molar refractivity (Wildman–Crippen MR) is 109 cm³/mol. The molecule has 0 radical (unpaired) electrons. The zero-order valence-electron chi connectivity index (χ0n) is 14.4. The Labute approximate surface area is 161 Å². The summed E-state index contributed by atoms with van der Waals surface area (Å²) in [4.78, 5) is 28.3. The molecule has 134 valence electrons. The van der Waals surface area contributed by atoms with Crippen molar-refractivity contribution in [2.24, 2.45) is 0 Å². The van der Waals surface area contributed by atoms with Gasteiger partial charge >= 0.3 is 0 Å².